The van der Waals surface area contributed by atoms with Gasteiger partial charge in [0.15, 0.2) is 0 Å². The number of hydrogen-bond acceptors (Lipinski definition) is 8. The lowest BCUT2D eigenvalue weighted by Crippen LogP contribution is -2.14. The van der Waals surface area contributed by atoms with Gasteiger partial charge in [0.25, 0.3) is 0 Å². The van der Waals surface area contributed by atoms with Crippen LogP contribution in [0.15, 0.2) is 406 Å². The Balaban J connectivity index is 0.000000102. The highest BCUT2D eigenvalue weighted by atomic mass is 32.1. The van der Waals surface area contributed by atoms with Crippen molar-refractivity contribution in [3.63, 3.8) is 0 Å². The highest BCUT2D eigenvalue weighted by Gasteiger charge is 2.44. The number of benzene rings is 17. The first-order valence-electron chi connectivity index (χ1n) is 45.3. The molecular weight excluding hydrogens is 1660 g/mol. The molecule has 0 fully saturated rings. The van der Waals surface area contributed by atoms with Gasteiger partial charge in [0.1, 0.15) is 0 Å². The van der Waals surface area contributed by atoms with Crippen LogP contribution in [0.3, 0.4) is 0 Å². The first-order valence-corrected chi connectivity index (χ1v) is 47.0. The van der Waals surface area contributed by atoms with Gasteiger partial charge < -0.3 is 9.13 Å². The fourth-order valence-electron chi connectivity index (χ4n) is 22.1. The lowest BCUT2D eigenvalue weighted by Gasteiger charge is -2.21. The zero-order valence-electron chi connectivity index (χ0n) is 72.9. The molecule has 13 heteroatoms. The first-order chi connectivity index (χ1) is 65.6. The molecule has 17 aromatic carbocycles. The summed E-state index contributed by atoms with van der Waals surface area (Å²) >= 11 is 3.78. The van der Waals surface area contributed by atoms with Crippen LogP contribution in [0.5, 0.6) is 0 Å². The molecular formula is C120H79N11S2. The number of hydrogen-bond donors (Lipinski definition) is 0. The van der Waals surface area contributed by atoms with Crippen LogP contribution in [0.1, 0.15) is 49.9 Å². The van der Waals surface area contributed by atoms with Crippen LogP contribution in [0.2, 0.25) is 0 Å². The Labute approximate surface area is 772 Å². The van der Waals surface area contributed by atoms with Crippen molar-refractivity contribution < 1.29 is 0 Å². The summed E-state index contributed by atoms with van der Waals surface area (Å²) in [6.45, 7) is 9.49. The molecule has 0 spiro atoms. The van der Waals surface area contributed by atoms with Gasteiger partial charge >= 0.3 is 0 Å². The zero-order chi connectivity index (χ0) is 88.1. The Morgan fingerprint density at radius 2 is 0.586 bits per heavy atom. The summed E-state index contributed by atoms with van der Waals surface area (Å²) < 4.78 is 17.1. The van der Waals surface area contributed by atoms with Crippen molar-refractivity contribution in [3.05, 3.63) is 429 Å². The van der Waals surface area contributed by atoms with E-state index in [1.54, 1.807) is 0 Å². The van der Waals surface area contributed by atoms with Gasteiger partial charge in [-0.1, -0.05) is 343 Å². The van der Waals surface area contributed by atoms with Crippen LogP contribution < -0.4 is 0 Å². The molecule has 2 aliphatic rings. The fourth-order valence-corrected chi connectivity index (χ4v) is 24.8. The molecule has 0 aliphatic heterocycles. The second-order valence-corrected chi connectivity index (χ2v) is 38.0. The summed E-state index contributed by atoms with van der Waals surface area (Å²) in [6, 6.07) is 144. The summed E-state index contributed by atoms with van der Waals surface area (Å²) in [4.78, 5) is 31.5. The van der Waals surface area contributed by atoms with Crippen LogP contribution in [0, 0.1) is 0 Å². The lowest BCUT2D eigenvalue weighted by molar-refractivity contribution is 0.666. The number of nitrogens with zero attached hydrogens (tertiary/aromatic N) is 11. The summed E-state index contributed by atoms with van der Waals surface area (Å²) in [5.41, 5.74) is 30.6. The molecule has 0 bridgehead atoms. The quantitative estimate of drug-likeness (QED) is 0.150. The van der Waals surface area contributed by atoms with E-state index in [0.717, 1.165) is 94.1 Å². The van der Waals surface area contributed by atoms with Crippen molar-refractivity contribution in [2.75, 3.05) is 0 Å². The molecule has 0 N–H and O–H groups in total. The highest BCUT2D eigenvalue weighted by molar-refractivity contribution is 7.37. The third-order valence-electron chi connectivity index (χ3n) is 27.8. The molecule has 0 saturated carbocycles. The molecule has 626 valence electrons. The minimum atomic E-state index is -0.193. The second-order valence-electron chi connectivity index (χ2n) is 35.9. The van der Waals surface area contributed by atoms with Gasteiger partial charge in [0.05, 0.1) is 103 Å². The van der Waals surface area contributed by atoms with E-state index < -0.39 is 0 Å². The maximum absolute atomic E-state index is 5.33. The molecule has 11 nitrogen and oxygen atoms in total. The maximum Gasteiger partial charge on any atom is 0.235 e. The van der Waals surface area contributed by atoms with Gasteiger partial charge in [-0.15, -0.1) is 22.7 Å². The topological polar surface area (TPSA) is 102 Å². The number of fused-ring (bicyclic) bond motifs is 29. The van der Waals surface area contributed by atoms with Crippen molar-refractivity contribution in [2.45, 2.75) is 38.5 Å². The summed E-state index contributed by atoms with van der Waals surface area (Å²) in [5, 5.41) is 15.6. The highest BCUT2D eigenvalue weighted by Crippen LogP contribution is 2.58. The molecule has 29 rings (SSSR count). The zero-order valence-corrected chi connectivity index (χ0v) is 74.6. The van der Waals surface area contributed by atoms with Gasteiger partial charge in [-0.2, -0.15) is 0 Å². The molecule has 133 heavy (non-hydrogen) atoms. The molecule has 0 saturated heterocycles. The van der Waals surface area contributed by atoms with Crippen molar-refractivity contribution in [1.29, 1.82) is 0 Å². The van der Waals surface area contributed by atoms with E-state index in [-0.39, 0.29) is 10.8 Å². The Morgan fingerprint density at radius 1 is 0.226 bits per heavy atom. The number of para-hydroxylation sites is 8. The van der Waals surface area contributed by atoms with Crippen LogP contribution in [-0.2, 0) is 10.8 Å². The van der Waals surface area contributed by atoms with Crippen LogP contribution in [0.4, 0.5) is 0 Å². The van der Waals surface area contributed by atoms with Gasteiger partial charge in [0.2, 0.25) is 17.8 Å². The van der Waals surface area contributed by atoms with Crippen LogP contribution in [0.25, 0.3) is 235 Å². The molecule has 0 unspecified atom stereocenters. The number of thiophene rings is 2. The summed E-state index contributed by atoms with van der Waals surface area (Å²) in [6.07, 6.45) is 0. The molecule has 10 heterocycles. The Bertz CT molecular complexity index is 9360. The summed E-state index contributed by atoms with van der Waals surface area (Å²) in [5.74, 6) is 2.05. The normalized spacial score (nSPS) is 13.1. The maximum atomic E-state index is 5.33. The van der Waals surface area contributed by atoms with Gasteiger partial charge in [-0.25, -0.2) is 29.9 Å². The Hall–Kier alpha value is -16.6. The van der Waals surface area contributed by atoms with Crippen molar-refractivity contribution in [2.24, 2.45) is 0 Å². The van der Waals surface area contributed by atoms with E-state index in [4.69, 9.17) is 29.9 Å². The molecule has 0 atom stereocenters. The monoisotopic (exact) mass is 1740 g/mol. The molecule has 0 radical (unpaired) electrons. The Morgan fingerprint density at radius 3 is 1.12 bits per heavy atom. The summed E-state index contributed by atoms with van der Waals surface area (Å²) in [7, 11) is 0. The van der Waals surface area contributed by atoms with Gasteiger partial charge in [-0.3, -0.25) is 13.7 Å². The molecule has 2 aliphatic carbocycles. The van der Waals surface area contributed by atoms with E-state index in [0.29, 0.717) is 17.8 Å². The standard InChI is InChI=1S/2C43H30N4.C34H19N3S2/c1-43(2)34-22-12-9-20-30(34)41-39(43)33-26-37-32(25-38(33)46(41)28-17-7-4-8-18-28)29-19-11-14-24-36(29)47(37)42-44-35-23-13-10-21-31(35)40(45-42)27-15-5-3-6-16-27;1-43(2)32-22-12-9-19-29(32)41-39(43)38-36(46(41)28-17-7-4-8-18-28)26-25-35-37(38)31-21-11-14-24-34(31)47(35)42-44-33-23-13-10-20-30(33)40(45-42)27-15-5-3-6-16-27;1-2-10-20(11-3-1)29-23-13-4-7-15-26(23)35-34(36-29)37-27-16-8-5-12-21(27)22-18-19-25-31(30(22)37)39-32-24-14-6-9-17-28(24)38-33(25)32/h2*3-26H,1-2H3;1-19H. The largest absolute Gasteiger partial charge is 0.309 e. The average molecular weight is 1740 g/mol. The third-order valence-corrected chi connectivity index (χ3v) is 30.4. The van der Waals surface area contributed by atoms with Crippen molar-refractivity contribution in [1.82, 2.24) is 52.7 Å². The van der Waals surface area contributed by atoms with Crippen LogP contribution in [-0.4, -0.2) is 52.7 Å². The van der Waals surface area contributed by atoms with Crippen molar-refractivity contribution >= 4 is 172 Å². The minimum absolute atomic E-state index is 0.172. The van der Waals surface area contributed by atoms with Crippen LogP contribution >= 0.6 is 22.7 Å². The predicted molar refractivity (Wildman–Crippen MR) is 555 cm³/mol. The third kappa shape index (κ3) is 11.4. The Kier molecular flexibility index (Phi) is 16.9. The van der Waals surface area contributed by atoms with Gasteiger partial charge in [0, 0.05) is 125 Å². The molecule has 0 amide bonds. The smallest absolute Gasteiger partial charge is 0.235 e. The van der Waals surface area contributed by atoms with Gasteiger partial charge in [-0.05, 0) is 113 Å². The SMILES string of the molecule is CC1(C)c2ccccc2-c2c1c1c3c4ccccc4n(-c4nc(-c5ccccc5)c5ccccc5n4)c3ccc1n2-c1ccccc1.CC1(C)c2ccccc2-c2c1c1cc3c(cc1n2-c1ccccc1)c1ccccc1n3-c1nc(-c2ccccc2)c2ccccc2n1.c1ccc(-c2nc(-n3c4ccccc4c4ccc5c6sc7ccccc7c6sc5c43)nc3ccccc23)cc1. The van der Waals surface area contributed by atoms with E-state index in [9.17, 15) is 0 Å². The fraction of sp³-hybridized carbons (Fsp3) is 0.0500. The van der Waals surface area contributed by atoms with Crippen molar-refractivity contribution in [3.8, 4) is 85.5 Å². The molecule has 10 aromatic heterocycles. The second kappa shape index (κ2) is 29.5. The average Bonchev–Trinajstić information content (AvgIpc) is 1.50. The predicted octanol–water partition coefficient (Wildman–Crippen LogP) is 31.3. The van der Waals surface area contributed by atoms with E-state index in [2.05, 4.69) is 439 Å². The lowest BCUT2D eigenvalue weighted by atomic mass is 9.81. The van der Waals surface area contributed by atoms with E-state index >= 15 is 0 Å². The first kappa shape index (κ1) is 76.5. The molecule has 27 aromatic rings. The minimum Gasteiger partial charge on any atom is -0.309 e. The number of aromatic nitrogens is 11. The number of rotatable bonds is 8. The van der Waals surface area contributed by atoms with E-state index in [1.807, 2.05) is 40.9 Å². The van der Waals surface area contributed by atoms with E-state index in [1.165, 1.54) is 145 Å².